The van der Waals surface area contributed by atoms with Crippen LogP contribution in [0.5, 0.6) is 0 Å². The number of aromatic nitrogens is 1. The Morgan fingerprint density at radius 1 is 1.04 bits per heavy atom. The van der Waals surface area contributed by atoms with Gasteiger partial charge in [0, 0.05) is 35.3 Å². The molecule has 0 aliphatic heterocycles. The van der Waals surface area contributed by atoms with Gasteiger partial charge in [0.25, 0.3) is 11.5 Å². The summed E-state index contributed by atoms with van der Waals surface area (Å²) in [6.45, 7) is 3.87. The molecule has 0 aliphatic carbocycles. The Morgan fingerprint density at radius 3 is 2.61 bits per heavy atom. The first-order valence-electron chi connectivity index (χ1n) is 7.44. The third kappa shape index (κ3) is 2.75. The standard InChI is InChI=1S/C19H18N2O2/c1-12-7-8-13(2)16(11-12)18(22)20-17-6-4-5-15-14(17)9-10-21(3)19(15)23/h4-11H,1-3H3,(H,20,22). The van der Waals surface area contributed by atoms with Crippen molar-refractivity contribution in [3.63, 3.8) is 0 Å². The first-order chi connectivity index (χ1) is 11.0. The Kier molecular flexibility index (Phi) is 3.74. The van der Waals surface area contributed by atoms with Gasteiger partial charge in [-0.15, -0.1) is 0 Å². The van der Waals surface area contributed by atoms with E-state index in [0.29, 0.717) is 16.6 Å². The van der Waals surface area contributed by atoms with Gasteiger partial charge in [0.05, 0.1) is 0 Å². The molecule has 4 heteroatoms. The molecule has 0 aliphatic rings. The van der Waals surface area contributed by atoms with Crippen LogP contribution >= 0.6 is 0 Å². The molecule has 1 aromatic heterocycles. The molecule has 0 unspecified atom stereocenters. The topological polar surface area (TPSA) is 51.1 Å². The summed E-state index contributed by atoms with van der Waals surface area (Å²) in [5, 5.41) is 4.26. The molecule has 0 saturated carbocycles. The Morgan fingerprint density at radius 2 is 1.83 bits per heavy atom. The largest absolute Gasteiger partial charge is 0.321 e. The fourth-order valence-corrected chi connectivity index (χ4v) is 2.65. The minimum Gasteiger partial charge on any atom is -0.321 e. The fourth-order valence-electron chi connectivity index (χ4n) is 2.65. The van der Waals surface area contributed by atoms with Crippen LogP contribution in [0.15, 0.2) is 53.5 Å². The number of anilines is 1. The predicted molar refractivity (Wildman–Crippen MR) is 93.1 cm³/mol. The lowest BCUT2D eigenvalue weighted by atomic mass is 10.0. The van der Waals surface area contributed by atoms with E-state index in [1.807, 2.05) is 44.2 Å². The summed E-state index contributed by atoms with van der Waals surface area (Å²) in [5.41, 5.74) is 3.17. The van der Waals surface area contributed by atoms with Crippen molar-refractivity contribution < 1.29 is 4.79 Å². The number of nitrogens with one attached hydrogen (secondary N) is 1. The molecule has 23 heavy (non-hydrogen) atoms. The molecule has 0 spiro atoms. The second kappa shape index (κ2) is 5.72. The van der Waals surface area contributed by atoms with E-state index in [9.17, 15) is 9.59 Å². The number of amides is 1. The highest BCUT2D eigenvalue weighted by molar-refractivity contribution is 6.09. The van der Waals surface area contributed by atoms with Gasteiger partial charge in [0.15, 0.2) is 0 Å². The number of hydrogen-bond donors (Lipinski definition) is 1. The van der Waals surface area contributed by atoms with E-state index in [1.165, 1.54) is 4.57 Å². The molecule has 0 fully saturated rings. The van der Waals surface area contributed by atoms with Crippen molar-refractivity contribution in [1.82, 2.24) is 4.57 Å². The lowest BCUT2D eigenvalue weighted by Gasteiger charge is -2.11. The van der Waals surface area contributed by atoms with Crippen molar-refractivity contribution in [3.8, 4) is 0 Å². The highest BCUT2D eigenvalue weighted by Gasteiger charge is 2.12. The van der Waals surface area contributed by atoms with Crippen LogP contribution in [0.1, 0.15) is 21.5 Å². The SMILES string of the molecule is Cc1ccc(C)c(C(=O)Nc2cccc3c(=O)n(C)ccc23)c1. The van der Waals surface area contributed by atoms with Crippen LogP contribution in [0.25, 0.3) is 10.8 Å². The van der Waals surface area contributed by atoms with Gasteiger partial charge in [-0.3, -0.25) is 9.59 Å². The number of nitrogens with zero attached hydrogens (tertiary/aromatic N) is 1. The quantitative estimate of drug-likeness (QED) is 0.789. The minimum absolute atomic E-state index is 0.0784. The Labute approximate surface area is 134 Å². The highest BCUT2D eigenvalue weighted by atomic mass is 16.1. The Balaban J connectivity index is 2.05. The summed E-state index contributed by atoms with van der Waals surface area (Å²) in [5.74, 6) is -0.167. The normalized spacial score (nSPS) is 10.7. The third-order valence-electron chi connectivity index (χ3n) is 4.01. The van der Waals surface area contributed by atoms with Crippen LogP contribution in [-0.2, 0) is 7.05 Å². The second-order valence-corrected chi connectivity index (χ2v) is 5.77. The van der Waals surface area contributed by atoms with E-state index in [0.717, 1.165) is 16.5 Å². The molecule has 0 radical (unpaired) electrons. The van der Waals surface area contributed by atoms with Crippen molar-refractivity contribution in [2.45, 2.75) is 13.8 Å². The molecule has 3 aromatic rings. The van der Waals surface area contributed by atoms with Crippen LogP contribution in [0.4, 0.5) is 5.69 Å². The van der Waals surface area contributed by atoms with Gasteiger partial charge < -0.3 is 9.88 Å². The van der Waals surface area contributed by atoms with Gasteiger partial charge in [0.2, 0.25) is 0 Å². The molecule has 1 N–H and O–H groups in total. The average molecular weight is 306 g/mol. The lowest BCUT2D eigenvalue weighted by molar-refractivity contribution is 0.102. The maximum atomic E-state index is 12.6. The van der Waals surface area contributed by atoms with Gasteiger partial charge in [-0.2, -0.15) is 0 Å². The van der Waals surface area contributed by atoms with E-state index < -0.39 is 0 Å². The zero-order chi connectivity index (χ0) is 16.6. The number of hydrogen-bond acceptors (Lipinski definition) is 2. The second-order valence-electron chi connectivity index (χ2n) is 5.77. The first-order valence-corrected chi connectivity index (χ1v) is 7.44. The molecule has 1 heterocycles. The van der Waals surface area contributed by atoms with Crippen molar-refractivity contribution in [2.75, 3.05) is 5.32 Å². The van der Waals surface area contributed by atoms with Gasteiger partial charge in [-0.25, -0.2) is 0 Å². The van der Waals surface area contributed by atoms with Crippen molar-refractivity contribution in [2.24, 2.45) is 7.05 Å². The maximum Gasteiger partial charge on any atom is 0.258 e. The average Bonchev–Trinajstić information content (AvgIpc) is 2.53. The van der Waals surface area contributed by atoms with Crippen LogP contribution in [0, 0.1) is 13.8 Å². The number of pyridine rings is 1. The number of rotatable bonds is 2. The predicted octanol–water partition coefficient (Wildman–Crippen LogP) is 3.41. The monoisotopic (exact) mass is 306 g/mol. The molecule has 2 aromatic carbocycles. The number of benzene rings is 2. The summed E-state index contributed by atoms with van der Waals surface area (Å²) in [4.78, 5) is 24.8. The van der Waals surface area contributed by atoms with Crippen LogP contribution in [-0.4, -0.2) is 10.5 Å². The van der Waals surface area contributed by atoms with Crippen molar-refractivity contribution in [1.29, 1.82) is 0 Å². The summed E-state index contributed by atoms with van der Waals surface area (Å²) >= 11 is 0. The smallest absolute Gasteiger partial charge is 0.258 e. The summed E-state index contributed by atoms with van der Waals surface area (Å²) < 4.78 is 1.53. The van der Waals surface area contributed by atoms with Crippen LogP contribution in [0.3, 0.4) is 0 Å². The summed E-state index contributed by atoms with van der Waals surface area (Å²) in [6.07, 6.45) is 1.71. The van der Waals surface area contributed by atoms with E-state index in [1.54, 1.807) is 25.4 Å². The van der Waals surface area contributed by atoms with E-state index >= 15 is 0 Å². The van der Waals surface area contributed by atoms with Crippen molar-refractivity contribution in [3.05, 3.63) is 75.7 Å². The van der Waals surface area contributed by atoms with E-state index in [4.69, 9.17) is 0 Å². The van der Waals surface area contributed by atoms with E-state index in [-0.39, 0.29) is 11.5 Å². The Bertz CT molecular complexity index is 971. The van der Waals surface area contributed by atoms with Crippen LogP contribution < -0.4 is 10.9 Å². The molecule has 0 bridgehead atoms. The summed E-state index contributed by atoms with van der Waals surface area (Å²) in [6, 6.07) is 13.0. The maximum absolute atomic E-state index is 12.6. The van der Waals surface area contributed by atoms with Gasteiger partial charge in [-0.1, -0.05) is 23.8 Å². The molecule has 4 nitrogen and oxygen atoms in total. The number of carbonyl (C=O) groups is 1. The fraction of sp³-hybridized carbons (Fsp3) is 0.158. The number of carbonyl (C=O) groups excluding carboxylic acids is 1. The van der Waals surface area contributed by atoms with Gasteiger partial charge >= 0.3 is 0 Å². The summed E-state index contributed by atoms with van der Waals surface area (Å²) in [7, 11) is 1.71. The molecule has 1 amide bonds. The molecule has 3 rings (SSSR count). The van der Waals surface area contributed by atoms with Gasteiger partial charge in [0.1, 0.15) is 0 Å². The minimum atomic E-state index is -0.167. The van der Waals surface area contributed by atoms with Crippen molar-refractivity contribution >= 4 is 22.4 Å². The molecular weight excluding hydrogens is 288 g/mol. The molecule has 0 atom stereocenters. The van der Waals surface area contributed by atoms with E-state index in [2.05, 4.69) is 5.32 Å². The zero-order valence-electron chi connectivity index (χ0n) is 13.4. The Hall–Kier alpha value is -2.88. The first kappa shape index (κ1) is 15.0. The zero-order valence-corrected chi connectivity index (χ0v) is 13.4. The third-order valence-corrected chi connectivity index (χ3v) is 4.01. The molecule has 116 valence electrons. The molecule has 0 saturated heterocycles. The molecular formula is C19H18N2O2. The number of aryl methyl sites for hydroxylation is 3. The van der Waals surface area contributed by atoms with Crippen LogP contribution in [0.2, 0.25) is 0 Å². The number of fused-ring (bicyclic) bond motifs is 1. The highest BCUT2D eigenvalue weighted by Crippen LogP contribution is 2.22. The lowest BCUT2D eigenvalue weighted by Crippen LogP contribution is -2.17. The van der Waals surface area contributed by atoms with Gasteiger partial charge in [-0.05, 0) is 43.7 Å².